The van der Waals surface area contributed by atoms with E-state index in [2.05, 4.69) is 4.98 Å². The lowest BCUT2D eigenvalue weighted by Crippen LogP contribution is -2.31. The van der Waals surface area contributed by atoms with Crippen LogP contribution in [-0.4, -0.2) is 35.9 Å². The zero-order valence-electron chi connectivity index (χ0n) is 18.7. The van der Waals surface area contributed by atoms with E-state index >= 15 is 0 Å². The fourth-order valence-electron chi connectivity index (χ4n) is 4.03. The van der Waals surface area contributed by atoms with Crippen LogP contribution in [0.25, 0.3) is 0 Å². The third-order valence-corrected chi connectivity index (χ3v) is 6.64. The van der Waals surface area contributed by atoms with Gasteiger partial charge < -0.3 is 10.0 Å². The number of rotatable bonds is 5. The lowest BCUT2D eigenvalue weighted by atomic mass is 9.94. The van der Waals surface area contributed by atoms with Crippen molar-refractivity contribution in [1.82, 2.24) is 4.98 Å². The van der Waals surface area contributed by atoms with Crippen molar-refractivity contribution in [2.75, 3.05) is 23.9 Å². The highest BCUT2D eigenvalue weighted by Gasteiger charge is 2.45. The van der Waals surface area contributed by atoms with Gasteiger partial charge >= 0.3 is 0 Å². The van der Waals surface area contributed by atoms with Crippen LogP contribution in [0.15, 0.2) is 59.9 Å². The minimum atomic E-state index is -0.734. The monoisotopic (exact) mass is 447 g/mol. The number of aliphatic hydroxyl groups is 1. The Morgan fingerprint density at radius 3 is 2.34 bits per heavy atom. The minimum absolute atomic E-state index is 0.0871. The van der Waals surface area contributed by atoms with Crippen LogP contribution in [0.4, 0.5) is 11.4 Å². The average Bonchev–Trinajstić information content (AvgIpc) is 3.23. The third kappa shape index (κ3) is 3.69. The van der Waals surface area contributed by atoms with Crippen molar-refractivity contribution in [3.8, 4) is 0 Å². The molecule has 1 aromatic heterocycles. The molecule has 1 unspecified atom stereocenters. The maximum absolute atomic E-state index is 13.6. The van der Waals surface area contributed by atoms with E-state index in [1.54, 1.807) is 6.92 Å². The molecule has 0 radical (unpaired) electrons. The lowest BCUT2D eigenvalue weighted by molar-refractivity contribution is -0.117. The molecule has 7 heteroatoms. The molecule has 2 heterocycles. The Morgan fingerprint density at radius 1 is 1.09 bits per heavy atom. The Labute approximate surface area is 191 Å². The fourth-order valence-corrected chi connectivity index (χ4v) is 4.91. The predicted octanol–water partition coefficient (Wildman–Crippen LogP) is 4.92. The number of anilines is 2. The van der Waals surface area contributed by atoms with Gasteiger partial charge in [-0.1, -0.05) is 29.8 Å². The molecule has 164 valence electrons. The first-order valence-corrected chi connectivity index (χ1v) is 11.1. The normalized spacial score (nSPS) is 16.1. The summed E-state index contributed by atoms with van der Waals surface area (Å²) in [5.74, 6) is -1.46. The molecule has 32 heavy (non-hydrogen) atoms. The SMILES string of the molecule is Cc1cccc(C2C(C(=O)c3sc(C)nc3C)=C(O)C(=O)N2c2ccc(N(C)C)cc2)c1. The largest absolute Gasteiger partial charge is 0.503 e. The number of ketones is 1. The van der Waals surface area contributed by atoms with Gasteiger partial charge in [0.1, 0.15) is 0 Å². The number of aromatic nitrogens is 1. The average molecular weight is 448 g/mol. The number of amides is 1. The van der Waals surface area contributed by atoms with Crippen LogP contribution in [0.5, 0.6) is 0 Å². The zero-order chi connectivity index (χ0) is 23.2. The van der Waals surface area contributed by atoms with Gasteiger partial charge in [0.05, 0.1) is 27.2 Å². The molecular weight excluding hydrogens is 422 g/mol. The number of benzene rings is 2. The van der Waals surface area contributed by atoms with Gasteiger partial charge in [-0.05, 0) is 50.6 Å². The van der Waals surface area contributed by atoms with E-state index in [9.17, 15) is 14.7 Å². The third-order valence-electron chi connectivity index (χ3n) is 5.56. The quantitative estimate of drug-likeness (QED) is 0.562. The van der Waals surface area contributed by atoms with E-state index in [0.717, 1.165) is 21.8 Å². The summed E-state index contributed by atoms with van der Waals surface area (Å²) in [7, 11) is 3.88. The summed E-state index contributed by atoms with van der Waals surface area (Å²) in [6, 6.07) is 14.4. The molecule has 1 atom stereocenters. The molecule has 0 aliphatic carbocycles. The molecule has 6 nitrogen and oxygen atoms in total. The van der Waals surface area contributed by atoms with Crippen LogP contribution >= 0.6 is 11.3 Å². The van der Waals surface area contributed by atoms with Crippen LogP contribution in [-0.2, 0) is 4.79 Å². The Bertz CT molecular complexity index is 1240. The predicted molar refractivity (Wildman–Crippen MR) is 128 cm³/mol. The first-order valence-electron chi connectivity index (χ1n) is 10.3. The molecule has 0 bridgehead atoms. The van der Waals surface area contributed by atoms with Crippen molar-refractivity contribution in [2.45, 2.75) is 26.8 Å². The van der Waals surface area contributed by atoms with E-state index in [4.69, 9.17) is 0 Å². The van der Waals surface area contributed by atoms with Crippen LogP contribution in [0, 0.1) is 20.8 Å². The Morgan fingerprint density at radius 2 is 1.78 bits per heavy atom. The number of thiazole rings is 1. The molecule has 1 aliphatic heterocycles. The molecule has 1 aliphatic rings. The smallest absolute Gasteiger partial charge is 0.294 e. The second kappa shape index (κ2) is 8.24. The molecule has 2 aromatic carbocycles. The number of aryl methyl sites for hydroxylation is 3. The van der Waals surface area contributed by atoms with Crippen LogP contribution in [0.2, 0.25) is 0 Å². The Balaban J connectivity index is 1.87. The second-order valence-electron chi connectivity index (χ2n) is 8.14. The second-order valence-corrected chi connectivity index (χ2v) is 9.34. The van der Waals surface area contributed by atoms with E-state index in [1.807, 2.05) is 81.4 Å². The number of nitrogens with zero attached hydrogens (tertiary/aromatic N) is 3. The van der Waals surface area contributed by atoms with Crippen molar-refractivity contribution in [3.05, 3.63) is 86.6 Å². The summed E-state index contributed by atoms with van der Waals surface area (Å²) >= 11 is 1.27. The number of hydrogen-bond acceptors (Lipinski definition) is 6. The first-order chi connectivity index (χ1) is 15.2. The van der Waals surface area contributed by atoms with E-state index in [1.165, 1.54) is 16.2 Å². The molecule has 4 rings (SSSR count). The molecule has 0 saturated heterocycles. The summed E-state index contributed by atoms with van der Waals surface area (Å²) in [4.78, 5) is 35.1. The molecule has 1 N–H and O–H groups in total. The highest BCUT2D eigenvalue weighted by molar-refractivity contribution is 7.14. The summed E-state index contributed by atoms with van der Waals surface area (Å²) in [5.41, 5.74) is 4.05. The van der Waals surface area contributed by atoms with Crippen molar-refractivity contribution in [1.29, 1.82) is 0 Å². The molecule has 0 fully saturated rings. The van der Waals surface area contributed by atoms with E-state index in [-0.39, 0.29) is 11.4 Å². The number of hydrogen-bond donors (Lipinski definition) is 1. The molecule has 3 aromatic rings. The zero-order valence-corrected chi connectivity index (χ0v) is 19.5. The van der Waals surface area contributed by atoms with Crippen LogP contribution < -0.4 is 9.80 Å². The van der Waals surface area contributed by atoms with Gasteiger partial charge in [0.25, 0.3) is 5.91 Å². The van der Waals surface area contributed by atoms with E-state index in [0.29, 0.717) is 16.3 Å². The molecular formula is C25H25N3O3S. The maximum atomic E-state index is 13.6. The van der Waals surface area contributed by atoms with Crippen molar-refractivity contribution >= 4 is 34.4 Å². The Hall–Kier alpha value is -3.45. The number of carbonyl (C=O) groups excluding carboxylic acids is 2. The summed E-state index contributed by atoms with van der Waals surface area (Å²) in [5, 5.41) is 11.7. The molecule has 1 amide bonds. The summed E-state index contributed by atoms with van der Waals surface area (Å²) < 4.78 is 0. The maximum Gasteiger partial charge on any atom is 0.294 e. The van der Waals surface area contributed by atoms with Crippen molar-refractivity contribution in [3.63, 3.8) is 0 Å². The first kappa shape index (κ1) is 21.8. The fraction of sp³-hybridized carbons (Fsp3) is 0.240. The highest BCUT2D eigenvalue weighted by Crippen LogP contribution is 2.43. The van der Waals surface area contributed by atoms with Gasteiger partial charge in [-0.25, -0.2) is 4.98 Å². The van der Waals surface area contributed by atoms with Crippen LogP contribution in [0.1, 0.15) is 37.5 Å². The van der Waals surface area contributed by atoms with Crippen molar-refractivity contribution < 1.29 is 14.7 Å². The Kier molecular flexibility index (Phi) is 5.60. The minimum Gasteiger partial charge on any atom is -0.503 e. The topological polar surface area (TPSA) is 73.7 Å². The molecule has 0 spiro atoms. The number of Topliss-reactive ketones (excluding diaryl/α,β-unsaturated/α-hetero) is 1. The lowest BCUT2D eigenvalue weighted by Gasteiger charge is -2.27. The highest BCUT2D eigenvalue weighted by atomic mass is 32.1. The van der Waals surface area contributed by atoms with Gasteiger partial charge in [0.2, 0.25) is 5.78 Å². The summed E-state index contributed by atoms with van der Waals surface area (Å²) in [6.45, 7) is 5.56. The van der Waals surface area contributed by atoms with E-state index < -0.39 is 17.7 Å². The van der Waals surface area contributed by atoms with Gasteiger partial charge in [0.15, 0.2) is 5.76 Å². The summed E-state index contributed by atoms with van der Waals surface area (Å²) in [6.07, 6.45) is 0. The van der Waals surface area contributed by atoms with Gasteiger partial charge in [-0.3, -0.25) is 14.5 Å². The number of carbonyl (C=O) groups is 2. The number of aliphatic hydroxyl groups excluding tert-OH is 1. The van der Waals surface area contributed by atoms with Gasteiger partial charge in [0, 0.05) is 25.5 Å². The van der Waals surface area contributed by atoms with Gasteiger partial charge in [-0.2, -0.15) is 0 Å². The van der Waals surface area contributed by atoms with Crippen LogP contribution in [0.3, 0.4) is 0 Å². The standard InChI is InChI=1S/C25H25N3O3S/c1-14-7-6-8-17(13-14)21-20(22(29)24-15(2)26-16(3)32-24)23(30)25(31)28(21)19-11-9-18(10-12-19)27(4)5/h6-13,21,30H,1-5H3. The van der Waals surface area contributed by atoms with Crippen molar-refractivity contribution in [2.24, 2.45) is 0 Å². The molecule has 0 saturated carbocycles. The van der Waals surface area contributed by atoms with Gasteiger partial charge in [-0.15, -0.1) is 11.3 Å².